The molecular formula is C13H11NO2. The van der Waals surface area contributed by atoms with Gasteiger partial charge in [0.2, 0.25) is 5.91 Å². The van der Waals surface area contributed by atoms with Crippen molar-refractivity contribution in [2.24, 2.45) is 0 Å². The largest absolute Gasteiger partial charge is 0.339 e. The van der Waals surface area contributed by atoms with Crippen LogP contribution in [-0.4, -0.2) is 11.7 Å². The zero-order valence-corrected chi connectivity index (χ0v) is 8.69. The second-order valence-electron chi connectivity index (χ2n) is 4.24. The van der Waals surface area contributed by atoms with E-state index in [-0.39, 0.29) is 11.7 Å². The molecule has 16 heavy (non-hydrogen) atoms. The minimum Gasteiger partial charge on any atom is -0.339 e. The van der Waals surface area contributed by atoms with Crippen LogP contribution in [0.1, 0.15) is 24.0 Å². The van der Waals surface area contributed by atoms with Crippen molar-refractivity contribution in [1.82, 2.24) is 5.32 Å². The van der Waals surface area contributed by atoms with E-state index in [1.54, 1.807) is 6.08 Å². The molecule has 1 aromatic rings. The van der Waals surface area contributed by atoms with Crippen LogP contribution < -0.4 is 5.32 Å². The van der Waals surface area contributed by atoms with Crippen LogP contribution in [0.15, 0.2) is 30.3 Å². The highest BCUT2D eigenvalue weighted by Crippen LogP contribution is 2.37. The van der Waals surface area contributed by atoms with Gasteiger partial charge < -0.3 is 5.32 Å². The molecule has 1 aromatic carbocycles. The van der Waals surface area contributed by atoms with Gasteiger partial charge in [0.25, 0.3) is 0 Å². The van der Waals surface area contributed by atoms with Gasteiger partial charge in [0.15, 0.2) is 5.78 Å². The van der Waals surface area contributed by atoms with Crippen molar-refractivity contribution in [3.63, 3.8) is 0 Å². The van der Waals surface area contributed by atoms with E-state index in [2.05, 4.69) is 5.32 Å². The molecule has 0 radical (unpaired) electrons. The van der Waals surface area contributed by atoms with Gasteiger partial charge in [0.05, 0.1) is 0 Å². The zero-order valence-electron chi connectivity index (χ0n) is 8.69. The summed E-state index contributed by atoms with van der Waals surface area (Å²) >= 11 is 0. The van der Waals surface area contributed by atoms with E-state index in [9.17, 15) is 9.59 Å². The molecule has 1 atom stereocenters. The fourth-order valence-electron chi connectivity index (χ4n) is 2.52. The zero-order chi connectivity index (χ0) is 11.2. The number of amides is 1. The first-order valence-electron chi connectivity index (χ1n) is 5.35. The van der Waals surface area contributed by atoms with Crippen molar-refractivity contribution < 1.29 is 9.59 Å². The van der Waals surface area contributed by atoms with E-state index < -0.39 is 5.54 Å². The SMILES string of the molecule is O=C1CCC2(N1)C(=O)C=Cc1ccccc12. The molecule has 1 aliphatic carbocycles. The first kappa shape index (κ1) is 9.33. The lowest BCUT2D eigenvalue weighted by atomic mass is 9.78. The van der Waals surface area contributed by atoms with E-state index in [0.717, 1.165) is 11.1 Å². The lowest BCUT2D eigenvalue weighted by Gasteiger charge is -2.31. The van der Waals surface area contributed by atoms with Crippen LogP contribution in [0.5, 0.6) is 0 Å². The van der Waals surface area contributed by atoms with E-state index in [0.29, 0.717) is 12.8 Å². The van der Waals surface area contributed by atoms with E-state index in [1.165, 1.54) is 0 Å². The van der Waals surface area contributed by atoms with Gasteiger partial charge in [-0.05, 0) is 23.6 Å². The summed E-state index contributed by atoms with van der Waals surface area (Å²) in [4.78, 5) is 23.4. The van der Waals surface area contributed by atoms with Gasteiger partial charge in [-0.15, -0.1) is 0 Å². The monoisotopic (exact) mass is 213 g/mol. The van der Waals surface area contributed by atoms with Gasteiger partial charge in [-0.1, -0.05) is 30.3 Å². The third-order valence-electron chi connectivity index (χ3n) is 3.34. The maximum absolute atomic E-state index is 12.0. The van der Waals surface area contributed by atoms with Crippen LogP contribution in [0.25, 0.3) is 6.08 Å². The van der Waals surface area contributed by atoms with Crippen molar-refractivity contribution >= 4 is 17.8 Å². The predicted octanol–water partition coefficient (Wildman–Crippen LogP) is 1.39. The van der Waals surface area contributed by atoms with Gasteiger partial charge >= 0.3 is 0 Å². The molecule has 1 aliphatic heterocycles. The van der Waals surface area contributed by atoms with Crippen LogP contribution in [0.2, 0.25) is 0 Å². The van der Waals surface area contributed by atoms with Gasteiger partial charge in [-0.25, -0.2) is 0 Å². The normalized spacial score (nSPS) is 27.0. The smallest absolute Gasteiger partial charge is 0.221 e. The van der Waals surface area contributed by atoms with Crippen molar-refractivity contribution in [3.05, 3.63) is 41.5 Å². The van der Waals surface area contributed by atoms with Crippen LogP contribution in [-0.2, 0) is 15.1 Å². The molecule has 1 unspecified atom stereocenters. The minimum atomic E-state index is -0.789. The molecule has 80 valence electrons. The number of nitrogens with one attached hydrogen (secondary N) is 1. The summed E-state index contributed by atoms with van der Waals surface area (Å²) in [6.07, 6.45) is 4.36. The molecule has 1 saturated heterocycles. The van der Waals surface area contributed by atoms with E-state index in [4.69, 9.17) is 0 Å². The summed E-state index contributed by atoms with van der Waals surface area (Å²) in [5.74, 6) is -0.0597. The third-order valence-corrected chi connectivity index (χ3v) is 3.34. The second-order valence-corrected chi connectivity index (χ2v) is 4.24. The average Bonchev–Trinajstić information content (AvgIpc) is 2.68. The summed E-state index contributed by atoms with van der Waals surface area (Å²) in [5, 5.41) is 2.84. The van der Waals surface area contributed by atoms with Crippen molar-refractivity contribution in [3.8, 4) is 0 Å². The molecule has 1 heterocycles. The van der Waals surface area contributed by atoms with Crippen molar-refractivity contribution in [2.45, 2.75) is 18.4 Å². The van der Waals surface area contributed by atoms with E-state index >= 15 is 0 Å². The fraction of sp³-hybridized carbons (Fsp3) is 0.231. The number of hydrogen-bond acceptors (Lipinski definition) is 2. The lowest BCUT2D eigenvalue weighted by molar-refractivity contribution is -0.125. The summed E-state index contributed by atoms with van der Waals surface area (Å²) in [7, 11) is 0. The number of benzene rings is 1. The topological polar surface area (TPSA) is 46.2 Å². The van der Waals surface area contributed by atoms with Crippen molar-refractivity contribution in [1.29, 1.82) is 0 Å². The highest BCUT2D eigenvalue weighted by molar-refractivity contribution is 6.08. The number of carbonyl (C=O) groups is 2. The number of rotatable bonds is 0. The Labute approximate surface area is 93.2 Å². The predicted molar refractivity (Wildman–Crippen MR) is 59.5 cm³/mol. The Hall–Kier alpha value is -1.90. The Morgan fingerprint density at radius 2 is 1.94 bits per heavy atom. The van der Waals surface area contributed by atoms with Crippen LogP contribution in [0.4, 0.5) is 0 Å². The average molecular weight is 213 g/mol. The van der Waals surface area contributed by atoms with Gasteiger partial charge in [0, 0.05) is 6.42 Å². The molecule has 1 amide bonds. The summed E-state index contributed by atoms with van der Waals surface area (Å²) in [6, 6.07) is 7.72. The highest BCUT2D eigenvalue weighted by Gasteiger charge is 2.46. The standard InChI is InChI=1S/C13H11NO2/c15-11-6-5-9-3-1-2-4-10(9)13(11)8-7-12(16)14-13/h1-6H,7-8H2,(H,14,16). The number of ketones is 1. The van der Waals surface area contributed by atoms with Crippen LogP contribution in [0, 0.1) is 0 Å². The Morgan fingerprint density at radius 1 is 1.12 bits per heavy atom. The van der Waals surface area contributed by atoms with Gasteiger partial charge in [0.1, 0.15) is 5.54 Å². The molecule has 1 fully saturated rings. The number of fused-ring (bicyclic) bond motifs is 2. The third kappa shape index (κ3) is 1.08. The Morgan fingerprint density at radius 3 is 2.69 bits per heavy atom. The molecule has 1 spiro atoms. The molecule has 1 N–H and O–H groups in total. The number of carbonyl (C=O) groups excluding carboxylic acids is 2. The minimum absolute atomic E-state index is 0.0166. The summed E-state index contributed by atoms with van der Waals surface area (Å²) in [5.41, 5.74) is 1.15. The fourth-order valence-corrected chi connectivity index (χ4v) is 2.52. The Kier molecular flexibility index (Phi) is 1.78. The maximum Gasteiger partial charge on any atom is 0.221 e. The number of hydrogen-bond donors (Lipinski definition) is 1. The molecule has 3 rings (SSSR count). The summed E-state index contributed by atoms with van der Waals surface area (Å²) in [6.45, 7) is 0. The highest BCUT2D eigenvalue weighted by atomic mass is 16.2. The molecular weight excluding hydrogens is 202 g/mol. The first-order chi connectivity index (χ1) is 7.72. The summed E-state index contributed by atoms with van der Waals surface area (Å²) < 4.78 is 0. The maximum atomic E-state index is 12.0. The molecule has 3 nitrogen and oxygen atoms in total. The lowest BCUT2D eigenvalue weighted by Crippen LogP contribution is -2.46. The van der Waals surface area contributed by atoms with Crippen LogP contribution >= 0.6 is 0 Å². The molecule has 0 aromatic heterocycles. The second kappa shape index (κ2) is 3.04. The van der Waals surface area contributed by atoms with E-state index in [1.807, 2.05) is 30.3 Å². The quantitative estimate of drug-likeness (QED) is 0.707. The van der Waals surface area contributed by atoms with Gasteiger partial charge in [-0.3, -0.25) is 9.59 Å². The molecule has 0 bridgehead atoms. The molecule has 3 heteroatoms. The van der Waals surface area contributed by atoms with Crippen LogP contribution in [0.3, 0.4) is 0 Å². The molecule has 2 aliphatic rings. The Balaban J connectivity index is 2.21. The van der Waals surface area contributed by atoms with Crippen molar-refractivity contribution in [2.75, 3.05) is 0 Å². The first-order valence-corrected chi connectivity index (χ1v) is 5.35. The van der Waals surface area contributed by atoms with Gasteiger partial charge in [-0.2, -0.15) is 0 Å². The molecule has 0 saturated carbocycles. The Bertz CT molecular complexity index is 518.